The van der Waals surface area contributed by atoms with E-state index >= 15 is 0 Å². The average molecular weight is 364 g/mol. The summed E-state index contributed by atoms with van der Waals surface area (Å²) in [6.45, 7) is 5.72. The van der Waals surface area contributed by atoms with E-state index < -0.39 is 0 Å². The number of amides is 4. The molecule has 4 amide bonds. The molecular formula is C21H24N4O2. The summed E-state index contributed by atoms with van der Waals surface area (Å²) in [4.78, 5) is 27.4. The van der Waals surface area contributed by atoms with Crippen LogP contribution in [0.3, 0.4) is 0 Å². The lowest BCUT2D eigenvalue weighted by molar-refractivity contribution is 0.239. The van der Waals surface area contributed by atoms with E-state index in [1.165, 1.54) is 11.1 Å². The van der Waals surface area contributed by atoms with Crippen LogP contribution in [-0.4, -0.2) is 47.0 Å². The van der Waals surface area contributed by atoms with Gasteiger partial charge >= 0.3 is 12.1 Å². The second-order valence-corrected chi connectivity index (χ2v) is 7.43. The molecule has 2 saturated heterocycles. The van der Waals surface area contributed by atoms with Gasteiger partial charge in [0.2, 0.25) is 0 Å². The van der Waals surface area contributed by atoms with Crippen LogP contribution in [0.1, 0.15) is 25.0 Å². The van der Waals surface area contributed by atoms with E-state index in [1.54, 1.807) is 9.80 Å². The molecular weight excluding hydrogens is 340 g/mol. The highest BCUT2D eigenvalue weighted by molar-refractivity contribution is 5.91. The first kappa shape index (κ1) is 17.4. The molecule has 2 atom stereocenters. The van der Waals surface area contributed by atoms with Crippen molar-refractivity contribution in [2.75, 3.05) is 23.7 Å². The van der Waals surface area contributed by atoms with E-state index in [0.29, 0.717) is 12.1 Å². The SMILES string of the molecule is CC1CN1C(=O)Nc1ccc(Cc2ccc(NC(=O)N3CC3C)cc2)cc1. The Labute approximate surface area is 159 Å². The number of rotatable bonds is 4. The van der Waals surface area contributed by atoms with E-state index in [2.05, 4.69) is 10.6 Å². The Kier molecular flexibility index (Phi) is 4.48. The summed E-state index contributed by atoms with van der Waals surface area (Å²) in [5.74, 6) is 0. The fourth-order valence-corrected chi connectivity index (χ4v) is 3.08. The van der Waals surface area contributed by atoms with Crippen molar-refractivity contribution in [1.29, 1.82) is 0 Å². The maximum atomic E-state index is 11.9. The monoisotopic (exact) mass is 364 g/mol. The number of benzene rings is 2. The predicted octanol–water partition coefficient (Wildman–Crippen LogP) is 3.75. The van der Waals surface area contributed by atoms with Crippen molar-refractivity contribution in [3.05, 3.63) is 59.7 Å². The molecule has 2 unspecified atom stereocenters. The van der Waals surface area contributed by atoms with E-state index in [9.17, 15) is 9.59 Å². The summed E-state index contributed by atoms with van der Waals surface area (Å²) in [5.41, 5.74) is 3.96. The van der Waals surface area contributed by atoms with Gasteiger partial charge in [-0.2, -0.15) is 0 Å². The van der Waals surface area contributed by atoms with Gasteiger partial charge in [0.05, 0.1) is 0 Å². The van der Waals surface area contributed by atoms with Crippen molar-refractivity contribution in [2.24, 2.45) is 0 Å². The summed E-state index contributed by atoms with van der Waals surface area (Å²) in [6.07, 6.45) is 0.800. The largest absolute Gasteiger partial charge is 0.322 e. The zero-order chi connectivity index (χ0) is 19.0. The Morgan fingerprint density at radius 2 is 1.11 bits per heavy atom. The van der Waals surface area contributed by atoms with Gasteiger partial charge in [0.25, 0.3) is 0 Å². The molecule has 2 aliphatic heterocycles. The number of hydrogen-bond acceptors (Lipinski definition) is 2. The Hall–Kier alpha value is -3.02. The molecule has 140 valence electrons. The fourth-order valence-electron chi connectivity index (χ4n) is 3.08. The van der Waals surface area contributed by atoms with E-state index in [0.717, 1.165) is 30.9 Å². The van der Waals surface area contributed by atoms with Crippen LogP contribution in [-0.2, 0) is 6.42 Å². The van der Waals surface area contributed by atoms with E-state index in [-0.39, 0.29) is 12.1 Å². The van der Waals surface area contributed by atoms with Crippen LogP contribution in [0.5, 0.6) is 0 Å². The van der Waals surface area contributed by atoms with Crippen LogP contribution in [0, 0.1) is 0 Å². The van der Waals surface area contributed by atoms with Gasteiger partial charge in [-0.3, -0.25) is 0 Å². The number of carbonyl (C=O) groups is 2. The molecule has 0 radical (unpaired) electrons. The number of urea groups is 2. The highest BCUT2D eigenvalue weighted by atomic mass is 16.2. The lowest BCUT2D eigenvalue weighted by Gasteiger charge is -2.09. The van der Waals surface area contributed by atoms with Crippen LogP contribution in [0.4, 0.5) is 21.0 Å². The Bertz CT molecular complexity index is 776. The second-order valence-electron chi connectivity index (χ2n) is 7.43. The van der Waals surface area contributed by atoms with Crippen molar-refractivity contribution in [1.82, 2.24) is 9.80 Å². The zero-order valence-electron chi connectivity index (χ0n) is 15.6. The molecule has 0 saturated carbocycles. The summed E-state index contributed by atoms with van der Waals surface area (Å²) < 4.78 is 0. The molecule has 2 N–H and O–H groups in total. The van der Waals surface area contributed by atoms with Crippen LogP contribution < -0.4 is 10.6 Å². The third kappa shape index (κ3) is 4.22. The summed E-state index contributed by atoms with van der Waals surface area (Å²) in [7, 11) is 0. The smallest absolute Gasteiger partial charge is 0.318 e. The first-order valence-electron chi connectivity index (χ1n) is 9.33. The van der Waals surface area contributed by atoms with Crippen LogP contribution >= 0.6 is 0 Å². The summed E-state index contributed by atoms with van der Waals surface area (Å²) >= 11 is 0. The minimum atomic E-state index is -0.0372. The molecule has 6 heteroatoms. The van der Waals surface area contributed by atoms with Crippen LogP contribution in [0.15, 0.2) is 48.5 Å². The highest BCUT2D eigenvalue weighted by Gasteiger charge is 2.34. The second kappa shape index (κ2) is 6.95. The lowest BCUT2D eigenvalue weighted by Crippen LogP contribution is -2.20. The number of nitrogens with zero attached hydrogens (tertiary/aromatic N) is 2. The van der Waals surface area contributed by atoms with Crippen molar-refractivity contribution in [3.63, 3.8) is 0 Å². The third-order valence-electron chi connectivity index (χ3n) is 5.06. The van der Waals surface area contributed by atoms with Crippen molar-refractivity contribution >= 4 is 23.4 Å². The minimum absolute atomic E-state index is 0.0372. The van der Waals surface area contributed by atoms with Crippen molar-refractivity contribution in [2.45, 2.75) is 32.4 Å². The van der Waals surface area contributed by atoms with Gasteiger partial charge in [-0.05, 0) is 55.7 Å². The maximum Gasteiger partial charge on any atom is 0.322 e. The predicted molar refractivity (Wildman–Crippen MR) is 106 cm³/mol. The summed E-state index contributed by atoms with van der Waals surface area (Å²) in [5, 5.41) is 5.82. The minimum Gasteiger partial charge on any atom is -0.318 e. The van der Waals surface area contributed by atoms with Crippen molar-refractivity contribution < 1.29 is 9.59 Å². The third-order valence-corrected chi connectivity index (χ3v) is 5.06. The molecule has 0 bridgehead atoms. The quantitative estimate of drug-likeness (QED) is 0.812. The maximum absolute atomic E-state index is 11.9. The molecule has 2 aliphatic rings. The number of carbonyl (C=O) groups excluding carboxylic acids is 2. The summed E-state index contributed by atoms with van der Waals surface area (Å²) in [6, 6.07) is 16.5. The van der Waals surface area contributed by atoms with Gasteiger partial charge in [-0.1, -0.05) is 24.3 Å². The molecule has 4 rings (SSSR count). The zero-order valence-corrected chi connectivity index (χ0v) is 15.6. The van der Waals surface area contributed by atoms with Gasteiger partial charge in [-0.15, -0.1) is 0 Å². The molecule has 0 spiro atoms. The molecule has 2 aromatic carbocycles. The number of nitrogens with one attached hydrogen (secondary N) is 2. The van der Waals surface area contributed by atoms with Gasteiger partial charge < -0.3 is 20.4 Å². The Balaban J connectivity index is 1.30. The topological polar surface area (TPSA) is 64.2 Å². The number of anilines is 2. The molecule has 2 fully saturated rings. The standard InChI is InChI=1S/C21H24N4O2/c1-14-12-24(14)20(26)22-18-7-3-16(4-8-18)11-17-5-9-19(10-6-17)23-21(27)25-13-15(25)2/h3-10,14-15H,11-13H2,1-2H3,(H,22,26)(H,23,27). The molecule has 27 heavy (non-hydrogen) atoms. The average Bonchev–Trinajstić information content (AvgIpc) is 3.56. The van der Waals surface area contributed by atoms with Crippen LogP contribution in [0.25, 0.3) is 0 Å². The molecule has 0 aromatic heterocycles. The molecule has 0 aliphatic carbocycles. The van der Waals surface area contributed by atoms with E-state index in [1.807, 2.05) is 62.4 Å². The first-order chi connectivity index (χ1) is 13.0. The highest BCUT2D eigenvalue weighted by Crippen LogP contribution is 2.21. The Morgan fingerprint density at radius 3 is 1.41 bits per heavy atom. The van der Waals surface area contributed by atoms with Gasteiger partial charge in [0.1, 0.15) is 0 Å². The lowest BCUT2D eigenvalue weighted by atomic mass is 10.0. The van der Waals surface area contributed by atoms with Crippen molar-refractivity contribution in [3.8, 4) is 0 Å². The van der Waals surface area contributed by atoms with Gasteiger partial charge in [0, 0.05) is 36.5 Å². The van der Waals surface area contributed by atoms with Crippen LogP contribution in [0.2, 0.25) is 0 Å². The fraction of sp³-hybridized carbons (Fsp3) is 0.333. The molecule has 6 nitrogen and oxygen atoms in total. The van der Waals surface area contributed by atoms with Gasteiger partial charge in [-0.25, -0.2) is 9.59 Å². The molecule has 2 heterocycles. The first-order valence-corrected chi connectivity index (χ1v) is 9.33. The normalized spacial score (nSPS) is 20.2. The number of hydrogen-bond donors (Lipinski definition) is 2. The van der Waals surface area contributed by atoms with E-state index in [4.69, 9.17) is 0 Å². The Morgan fingerprint density at radius 1 is 0.778 bits per heavy atom. The van der Waals surface area contributed by atoms with Gasteiger partial charge in [0.15, 0.2) is 0 Å². The molecule has 2 aromatic rings.